The van der Waals surface area contributed by atoms with E-state index in [0.29, 0.717) is 27.1 Å². The third-order valence-electron chi connectivity index (χ3n) is 7.16. The van der Waals surface area contributed by atoms with E-state index in [-0.39, 0.29) is 21.7 Å². The SMILES string of the molecule is O=C(O)c1c(-c2ccccc2)cc2c3cccc4cccc(c5c(C(O)=NF)c(C(O)=NF)c(C(=O)O)c1c25)c43. The first kappa shape index (κ1) is 24.7. The molecule has 0 aromatic heterocycles. The number of rotatable bonds is 5. The minimum Gasteiger partial charge on any atom is -0.491 e. The predicted octanol–water partition coefficient (Wildman–Crippen LogP) is 7.18. The van der Waals surface area contributed by atoms with Crippen LogP contribution in [0.15, 0.2) is 83.2 Å². The first-order chi connectivity index (χ1) is 19.3. The molecule has 0 amide bonds. The van der Waals surface area contributed by atoms with Crippen LogP contribution >= 0.6 is 0 Å². The summed E-state index contributed by atoms with van der Waals surface area (Å²) in [6.07, 6.45) is 0. The van der Waals surface area contributed by atoms with E-state index in [1.165, 1.54) is 0 Å². The maximum atomic E-state index is 13.7. The molecule has 6 aromatic carbocycles. The average Bonchev–Trinajstić information content (AvgIpc) is 2.97. The van der Waals surface area contributed by atoms with Crippen LogP contribution < -0.4 is 0 Å². The molecule has 0 heterocycles. The van der Waals surface area contributed by atoms with Crippen LogP contribution in [0.25, 0.3) is 54.2 Å². The molecule has 0 bridgehead atoms. The number of fused-ring (bicyclic) bond motifs is 2. The summed E-state index contributed by atoms with van der Waals surface area (Å²) in [7, 11) is 0. The van der Waals surface area contributed by atoms with Crippen LogP contribution in [-0.2, 0) is 0 Å². The zero-order valence-electron chi connectivity index (χ0n) is 20.2. The van der Waals surface area contributed by atoms with Gasteiger partial charge in [-0.1, -0.05) is 75.7 Å². The van der Waals surface area contributed by atoms with E-state index < -0.39 is 46.0 Å². The van der Waals surface area contributed by atoms with Gasteiger partial charge in [0.2, 0.25) is 11.8 Å². The molecule has 0 spiro atoms. The van der Waals surface area contributed by atoms with Crippen LogP contribution in [0.5, 0.6) is 0 Å². The molecule has 0 atom stereocenters. The van der Waals surface area contributed by atoms with Gasteiger partial charge in [0, 0.05) is 16.2 Å². The van der Waals surface area contributed by atoms with Crippen molar-refractivity contribution in [2.45, 2.75) is 0 Å². The summed E-state index contributed by atoms with van der Waals surface area (Å²) in [4.78, 5) is 25.7. The van der Waals surface area contributed by atoms with Crippen LogP contribution in [0.4, 0.5) is 8.96 Å². The van der Waals surface area contributed by atoms with Gasteiger partial charge in [-0.2, -0.15) is 0 Å². The van der Waals surface area contributed by atoms with Gasteiger partial charge < -0.3 is 20.4 Å². The molecule has 196 valence electrons. The molecule has 6 aromatic rings. The molecule has 0 aliphatic heterocycles. The van der Waals surface area contributed by atoms with E-state index in [9.17, 15) is 39.0 Å². The Labute approximate surface area is 222 Å². The Bertz CT molecular complexity index is 2100. The molecule has 0 aliphatic carbocycles. The molecular formula is C30H16F2N2O6. The molecule has 0 aliphatic rings. The van der Waals surface area contributed by atoms with Gasteiger partial charge in [0.25, 0.3) is 0 Å². The van der Waals surface area contributed by atoms with Crippen molar-refractivity contribution in [1.82, 2.24) is 0 Å². The number of hydrogen-bond acceptors (Lipinski definition) is 4. The highest BCUT2D eigenvalue weighted by atomic mass is 19.2. The minimum absolute atomic E-state index is 0.0366. The van der Waals surface area contributed by atoms with Crippen molar-refractivity contribution >= 4 is 66.8 Å². The van der Waals surface area contributed by atoms with Gasteiger partial charge in [0.1, 0.15) is 0 Å². The summed E-state index contributed by atoms with van der Waals surface area (Å²) in [6.45, 7) is 0. The molecule has 0 unspecified atom stereocenters. The van der Waals surface area contributed by atoms with Crippen molar-refractivity contribution < 1.29 is 39.0 Å². The van der Waals surface area contributed by atoms with E-state index in [2.05, 4.69) is 10.4 Å². The number of carboxylic acid groups (broad SMARTS) is 2. The number of benzene rings is 6. The number of aliphatic hydroxyl groups excluding tert-OH is 2. The number of aliphatic hydroxyl groups is 2. The van der Waals surface area contributed by atoms with Gasteiger partial charge in [-0.15, -0.1) is 0 Å². The van der Waals surface area contributed by atoms with Gasteiger partial charge >= 0.3 is 11.9 Å². The van der Waals surface area contributed by atoms with Crippen molar-refractivity contribution in [3.8, 4) is 11.1 Å². The van der Waals surface area contributed by atoms with E-state index in [4.69, 9.17) is 0 Å². The molecule has 8 nitrogen and oxygen atoms in total. The molecule has 0 radical (unpaired) electrons. The number of aromatic carboxylic acids is 2. The van der Waals surface area contributed by atoms with Gasteiger partial charge in [-0.25, -0.2) is 9.59 Å². The second kappa shape index (κ2) is 8.98. The van der Waals surface area contributed by atoms with Crippen molar-refractivity contribution in [3.63, 3.8) is 0 Å². The number of carboxylic acids is 2. The Morgan fingerprint density at radius 2 is 1.15 bits per heavy atom. The Kier molecular flexibility index (Phi) is 5.54. The average molecular weight is 538 g/mol. The largest absolute Gasteiger partial charge is 0.491 e. The van der Waals surface area contributed by atoms with Crippen molar-refractivity contribution in [2.24, 2.45) is 10.4 Å². The van der Waals surface area contributed by atoms with Crippen LogP contribution in [0.1, 0.15) is 31.8 Å². The summed E-state index contributed by atoms with van der Waals surface area (Å²) >= 11 is 0. The summed E-state index contributed by atoms with van der Waals surface area (Å²) < 4.78 is 27.4. The summed E-state index contributed by atoms with van der Waals surface area (Å²) in [5, 5.41) is 48.9. The summed E-state index contributed by atoms with van der Waals surface area (Å²) in [5.41, 5.74) is -2.33. The van der Waals surface area contributed by atoms with Gasteiger partial charge in [0.05, 0.1) is 22.3 Å². The van der Waals surface area contributed by atoms with Crippen molar-refractivity contribution in [1.29, 1.82) is 0 Å². The maximum Gasteiger partial charge on any atom is 0.337 e. The fraction of sp³-hybridized carbons (Fsp3) is 0. The lowest BCUT2D eigenvalue weighted by molar-refractivity contribution is 0.0695. The van der Waals surface area contributed by atoms with Gasteiger partial charge in [-0.05, 0) is 54.6 Å². The zero-order valence-corrected chi connectivity index (χ0v) is 20.2. The smallest absolute Gasteiger partial charge is 0.337 e. The molecule has 4 N–H and O–H groups in total. The topological polar surface area (TPSA) is 140 Å². The van der Waals surface area contributed by atoms with Crippen LogP contribution in [0.2, 0.25) is 0 Å². The monoisotopic (exact) mass is 538 g/mol. The lowest BCUT2D eigenvalue weighted by Gasteiger charge is -2.23. The predicted molar refractivity (Wildman–Crippen MR) is 148 cm³/mol. The molecule has 0 saturated carbocycles. The molecule has 0 saturated heterocycles. The van der Waals surface area contributed by atoms with E-state index in [1.807, 2.05) is 12.1 Å². The van der Waals surface area contributed by atoms with E-state index in [0.717, 1.165) is 5.39 Å². The second-order valence-electron chi connectivity index (χ2n) is 9.10. The van der Waals surface area contributed by atoms with E-state index >= 15 is 0 Å². The van der Waals surface area contributed by atoms with E-state index in [1.54, 1.807) is 60.7 Å². The molecule has 6 rings (SSSR count). The highest BCUT2D eigenvalue weighted by molar-refractivity contribution is 6.41. The number of halogens is 2. The third-order valence-corrected chi connectivity index (χ3v) is 7.16. The Morgan fingerprint density at radius 3 is 1.75 bits per heavy atom. The second-order valence-corrected chi connectivity index (χ2v) is 9.10. The Morgan fingerprint density at radius 1 is 0.550 bits per heavy atom. The highest BCUT2D eigenvalue weighted by Gasteiger charge is 2.34. The maximum absolute atomic E-state index is 13.7. The van der Waals surface area contributed by atoms with Crippen LogP contribution in [0.3, 0.4) is 0 Å². The van der Waals surface area contributed by atoms with Crippen molar-refractivity contribution in [2.75, 3.05) is 0 Å². The molecule has 10 heteroatoms. The summed E-state index contributed by atoms with van der Waals surface area (Å²) in [5.74, 6) is -6.14. The highest BCUT2D eigenvalue weighted by Crippen LogP contribution is 2.48. The normalized spacial score (nSPS) is 12.7. The Balaban J connectivity index is 2.12. The quantitative estimate of drug-likeness (QED) is 0.0793. The van der Waals surface area contributed by atoms with Gasteiger partial charge in [0.15, 0.2) is 0 Å². The fourth-order valence-corrected chi connectivity index (χ4v) is 5.76. The minimum atomic E-state index is -1.78. The fourth-order valence-electron chi connectivity index (χ4n) is 5.76. The lowest BCUT2D eigenvalue weighted by Crippen LogP contribution is -2.19. The number of hydrogen-bond donors (Lipinski definition) is 4. The van der Waals surface area contributed by atoms with Gasteiger partial charge in [-0.3, -0.25) is 0 Å². The van der Waals surface area contributed by atoms with Crippen LogP contribution in [0, 0.1) is 0 Å². The lowest BCUT2D eigenvalue weighted by atomic mass is 9.79. The number of carbonyl (C=O) groups is 2. The molecule has 40 heavy (non-hydrogen) atoms. The number of nitrogens with zero attached hydrogens (tertiary/aromatic N) is 2. The first-order valence-electron chi connectivity index (χ1n) is 11.8. The Hall–Kier alpha value is -5.64. The first-order valence-corrected chi connectivity index (χ1v) is 11.8. The molecular weight excluding hydrogens is 522 g/mol. The van der Waals surface area contributed by atoms with Crippen molar-refractivity contribution in [3.05, 3.63) is 95.1 Å². The standard InChI is InChI=1S/C30H16F2N2O6/c31-33-27(35)24-20-16-11-5-9-14-8-4-10-15(19(14)16)18-12-17(13-6-2-1-3-7-13)22(29(37)38)23(21(18)20)26(30(39)40)25(24)28(36)34-32/h1-12H,(H,33,35)(H,34,36)(H,37,38)(H,39,40). The summed E-state index contributed by atoms with van der Waals surface area (Å²) in [6, 6.07) is 20.4. The molecule has 0 fully saturated rings. The zero-order chi connectivity index (χ0) is 28.3. The van der Waals surface area contributed by atoms with Crippen LogP contribution in [-0.4, -0.2) is 44.2 Å². The third kappa shape index (κ3) is 3.29.